The zero-order valence-electron chi connectivity index (χ0n) is 15.6. The summed E-state index contributed by atoms with van der Waals surface area (Å²) < 4.78 is 40.2. The second-order valence-corrected chi connectivity index (χ2v) is 6.52. The molecule has 3 rings (SSSR count). The number of aryl methyl sites for hydroxylation is 2. The van der Waals surface area contributed by atoms with Crippen LogP contribution in [0.5, 0.6) is 0 Å². The molecule has 1 heterocycles. The van der Waals surface area contributed by atoms with Crippen LogP contribution in [0.1, 0.15) is 30.0 Å². The highest BCUT2D eigenvalue weighted by Gasteiger charge is 2.35. The van der Waals surface area contributed by atoms with E-state index in [1.807, 2.05) is 49.4 Å². The Morgan fingerprint density at radius 1 is 0.964 bits per heavy atom. The molecular weight excluding hydrogens is 365 g/mol. The number of halogens is 3. The number of anilines is 4. The van der Waals surface area contributed by atoms with Crippen LogP contribution in [0, 0.1) is 6.92 Å². The second kappa shape index (κ2) is 8.29. The molecule has 7 heteroatoms. The van der Waals surface area contributed by atoms with E-state index in [9.17, 15) is 13.2 Å². The van der Waals surface area contributed by atoms with Gasteiger partial charge in [0.2, 0.25) is 5.95 Å². The maximum Gasteiger partial charge on any atom is 0.421 e. The van der Waals surface area contributed by atoms with Crippen molar-refractivity contribution < 1.29 is 13.2 Å². The van der Waals surface area contributed by atoms with Gasteiger partial charge in [-0.3, -0.25) is 0 Å². The molecule has 0 spiro atoms. The second-order valence-electron chi connectivity index (χ2n) is 6.52. The molecule has 0 saturated heterocycles. The van der Waals surface area contributed by atoms with Crippen LogP contribution in [0.15, 0.2) is 54.7 Å². The standard InChI is InChI=1S/C21H21F3N4/c1-3-5-15-6-4-7-17(12-15)26-19-18(21(22,23)24)13-25-20(28-19)27-16-10-8-14(2)9-11-16/h4,6-13H,3,5H2,1-2H3,(H2,25,26,27,28). The van der Waals surface area contributed by atoms with Gasteiger partial charge in [-0.05, 0) is 43.2 Å². The molecule has 2 N–H and O–H groups in total. The SMILES string of the molecule is CCCc1cccc(Nc2nc(Nc3ccc(C)cc3)ncc2C(F)(F)F)c1. The Labute approximate surface area is 161 Å². The molecule has 146 valence electrons. The van der Waals surface area contributed by atoms with Crippen molar-refractivity contribution in [3.8, 4) is 0 Å². The van der Waals surface area contributed by atoms with Crippen molar-refractivity contribution in [1.29, 1.82) is 0 Å². The number of alkyl halides is 3. The zero-order chi connectivity index (χ0) is 20.1. The van der Waals surface area contributed by atoms with Gasteiger partial charge in [-0.2, -0.15) is 18.2 Å². The Bertz CT molecular complexity index is 937. The fraction of sp³-hybridized carbons (Fsp3) is 0.238. The average molecular weight is 386 g/mol. The van der Waals surface area contributed by atoms with Crippen molar-refractivity contribution >= 4 is 23.1 Å². The van der Waals surface area contributed by atoms with Crippen LogP contribution in [0.3, 0.4) is 0 Å². The van der Waals surface area contributed by atoms with Crippen LogP contribution >= 0.6 is 0 Å². The summed E-state index contributed by atoms with van der Waals surface area (Å²) in [5, 5.41) is 5.74. The molecule has 0 aliphatic heterocycles. The first-order chi connectivity index (χ1) is 13.3. The van der Waals surface area contributed by atoms with Gasteiger partial charge < -0.3 is 10.6 Å². The third kappa shape index (κ3) is 5.00. The van der Waals surface area contributed by atoms with E-state index in [1.165, 1.54) is 0 Å². The summed E-state index contributed by atoms with van der Waals surface area (Å²) in [5.41, 5.74) is 2.46. The number of aromatic nitrogens is 2. The minimum atomic E-state index is -4.56. The van der Waals surface area contributed by atoms with Crippen molar-refractivity contribution in [2.24, 2.45) is 0 Å². The van der Waals surface area contributed by atoms with Crippen LogP contribution in [-0.4, -0.2) is 9.97 Å². The first-order valence-electron chi connectivity index (χ1n) is 8.99. The Morgan fingerprint density at radius 3 is 2.39 bits per heavy atom. The number of benzene rings is 2. The normalized spacial score (nSPS) is 11.3. The average Bonchev–Trinajstić information content (AvgIpc) is 2.63. The predicted molar refractivity (Wildman–Crippen MR) is 105 cm³/mol. The number of rotatable bonds is 6. The van der Waals surface area contributed by atoms with Crippen LogP contribution in [-0.2, 0) is 12.6 Å². The fourth-order valence-electron chi connectivity index (χ4n) is 2.74. The minimum Gasteiger partial charge on any atom is -0.340 e. The molecule has 0 bridgehead atoms. The molecule has 3 aromatic rings. The highest BCUT2D eigenvalue weighted by atomic mass is 19.4. The summed E-state index contributed by atoms with van der Waals surface area (Å²) in [6.45, 7) is 4.00. The van der Waals surface area contributed by atoms with E-state index in [4.69, 9.17) is 0 Å². The van der Waals surface area contributed by atoms with Gasteiger partial charge in [0.25, 0.3) is 0 Å². The van der Waals surface area contributed by atoms with E-state index in [0.29, 0.717) is 11.4 Å². The Kier molecular flexibility index (Phi) is 5.82. The van der Waals surface area contributed by atoms with Crippen LogP contribution < -0.4 is 10.6 Å². The number of hydrogen-bond acceptors (Lipinski definition) is 4. The molecule has 0 aliphatic carbocycles. The topological polar surface area (TPSA) is 49.8 Å². The lowest BCUT2D eigenvalue weighted by molar-refractivity contribution is -0.137. The van der Waals surface area contributed by atoms with Crippen molar-refractivity contribution in [2.45, 2.75) is 32.9 Å². The van der Waals surface area contributed by atoms with Crippen molar-refractivity contribution in [1.82, 2.24) is 9.97 Å². The quantitative estimate of drug-likeness (QED) is 0.526. The summed E-state index contributed by atoms with van der Waals surface area (Å²) in [6, 6.07) is 14.7. The fourth-order valence-corrected chi connectivity index (χ4v) is 2.74. The van der Waals surface area contributed by atoms with E-state index in [2.05, 4.69) is 27.5 Å². The minimum absolute atomic E-state index is 0.0871. The van der Waals surface area contributed by atoms with E-state index < -0.39 is 11.7 Å². The smallest absolute Gasteiger partial charge is 0.340 e. The molecule has 0 amide bonds. The van der Waals surface area contributed by atoms with Gasteiger partial charge in [-0.1, -0.05) is 43.2 Å². The maximum absolute atomic E-state index is 13.4. The van der Waals surface area contributed by atoms with Crippen molar-refractivity contribution in [2.75, 3.05) is 10.6 Å². The first-order valence-corrected chi connectivity index (χ1v) is 8.99. The van der Waals surface area contributed by atoms with Gasteiger partial charge in [0.15, 0.2) is 0 Å². The lowest BCUT2D eigenvalue weighted by atomic mass is 10.1. The predicted octanol–water partition coefficient (Wildman–Crippen LogP) is 6.24. The van der Waals surface area contributed by atoms with E-state index in [0.717, 1.165) is 30.2 Å². The first kappa shape index (κ1) is 19.7. The zero-order valence-corrected chi connectivity index (χ0v) is 15.6. The monoisotopic (exact) mass is 386 g/mol. The number of hydrogen-bond donors (Lipinski definition) is 2. The van der Waals surface area contributed by atoms with E-state index in [-0.39, 0.29) is 11.8 Å². The largest absolute Gasteiger partial charge is 0.421 e. The molecular formula is C21H21F3N4. The van der Waals surface area contributed by atoms with Crippen LogP contribution in [0.4, 0.5) is 36.3 Å². The molecule has 0 radical (unpaired) electrons. The van der Waals surface area contributed by atoms with Crippen LogP contribution in [0.25, 0.3) is 0 Å². The maximum atomic E-state index is 13.4. The molecule has 2 aromatic carbocycles. The Balaban J connectivity index is 1.92. The third-order valence-corrected chi connectivity index (χ3v) is 4.13. The Morgan fingerprint density at radius 2 is 1.71 bits per heavy atom. The van der Waals surface area contributed by atoms with Gasteiger partial charge >= 0.3 is 6.18 Å². The molecule has 1 aromatic heterocycles. The lowest BCUT2D eigenvalue weighted by Crippen LogP contribution is -2.12. The van der Waals surface area contributed by atoms with Gasteiger partial charge in [0.1, 0.15) is 11.4 Å². The van der Waals surface area contributed by atoms with Gasteiger partial charge in [0, 0.05) is 17.6 Å². The molecule has 0 fully saturated rings. The molecule has 0 unspecified atom stereocenters. The molecule has 0 aliphatic rings. The van der Waals surface area contributed by atoms with E-state index >= 15 is 0 Å². The van der Waals surface area contributed by atoms with Crippen molar-refractivity contribution in [3.63, 3.8) is 0 Å². The highest BCUT2D eigenvalue weighted by molar-refractivity contribution is 5.63. The third-order valence-electron chi connectivity index (χ3n) is 4.13. The van der Waals surface area contributed by atoms with Crippen molar-refractivity contribution in [3.05, 3.63) is 71.4 Å². The summed E-state index contributed by atoms with van der Waals surface area (Å²) in [5.74, 6) is -0.199. The summed E-state index contributed by atoms with van der Waals surface area (Å²) >= 11 is 0. The summed E-state index contributed by atoms with van der Waals surface area (Å²) in [4.78, 5) is 7.90. The van der Waals surface area contributed by atoms with Gasteiger partial charge in [0.05, 0.1) is 0 Å². The number of nitrogens with zero attached hydrogens (tertiary/aromatic N) is 2. The molecule has 0 saturated carbocycles. The lowest BCUT2D eigenvalue weighted by Gasteiger charge is -2.15. The molecule has 4 nitrogen and oxygen atoms in total. The number of nitrogens with one attached hydrogen (secondary N) is 2. The van der Waals surface area contributed by atoms with Gasteiger partial charge in [-0.15, -0.1) is 0 Å². The van der Waals surface area contributed by atoms with Gasteiger partial charge in [-0.25, -0.2) is 4.98 Å². The molecule has 28 heavy (non-hydrogen) atoms. The summed E-state index contributed by atoms with van der Waals surface area (Å²) in [7, 11) is 0. The van der Waals surface area contributed by atoms with Crippen LogP contribution in [0.2, 0.25) is 0 Å². The van der Waals surface area contributed by atoms with E-state index in [1.54, 1.807) is 6.07 Å². The highest BCUT2D eigenvalue weighted by Crippen LogP contribution is 2.35. The molecule has 0 atom stereocenters. The summed E-state index contributed by atoms with van der Waals surface area (Å²) in [6.07, 6.45) is -1.96. The Hall–Kier alpha value is -3.09.